The molecule has 1 atom stereocenters. The fraction of sp³-hybridized carbons (Fsp3) is 0.478. The highest BCUT2D eigenvalue weighted by atomic mass is 32.1. The van der Waals surface area contributed by atoms with Crippen LogP contribution in [0.4, 0.5) is 0 Å². The average Bonchev–Trinajstić information content (AvgIpc) is 3.09. The zero-order chi connectivity index (χ0) is 21.3. The Kier molecular flexibility index (Phi) is 5.73. The quantitative estimate of drug-likeness (QED) is 0.681. The summed E-state index contributed by atoms with van der Waals surface area (Å²) in [6.45, 7) is 7.25. The van der Waals surface area contributed by atoms with Crippen molar-refractivity contribution in [2.75, 3.05) is 6.54 Å². The normalized spacial score (nSPS) is 16.4. The first-order chi connectivity index (χ1) is 14.3. The average molecular weight is 425 g/mol. The summed E-state index contributed by atoms with van der Waals surface area (Å²) < 4.78 is 1.20. The Labute approximate surface area is 180 Å². The minimum absolute atomic E-state index is 0.105. The van der Waals surface area contributed by atoms with Crippen molar-refractivity contribution < 1.29 is 4.79 Å². The van der Waals surface area contributed by atoms with Crippen LogP contribution in [0.3, 0.4) is 0 Å². The molecule has 0 saturated heterocycles. The minimum atomic E-state index is -0.224. The van der Waals surface area contributed by atoms with Gasteiger partial charge in [0.25, 0.3) is 5.56 Å². The second-order valence-corrected chi connectivity index (χ2v) is 10.2. The van der Waals surface area contributed by atoms with Gasteiger partial charge in [-0.3, -0.25) is 9.59 Å². The van der Waals surface area contributed by atoms with Crippen LogP contribution in [0.1, 0.15) is 43.2 Å². The molecule has 0 saturated carbocycles. The van der Waals surface area contributed by atoms with Crippen LogP contribution < -0.4 is 10.9 Å². The predicted octanol–water partition coefficient (Wildman–Crippen LogP) is 3.36. The summed E-state index contributed by atoms with van der Waals surface area (Å²) >= 11 is 1.59. The van der Waals surface area contributed by atoms with Crippen molar-refractivity contribution >= 4 is 27.5 Å². The number of nitrogens with one attached hydrogen (secondary N) is 1. The number of thiophene rings is 1. The third kappa shape index (κ3) is 4.31. The Balaban J connectivity index is 1.47. The number of hydrogen-bond acceptors (Lipinski definition) is 5. The smallest absolute Gasteiger partial charge is 0.279 e. The molecule has 6 nitrogen and oxygen atoms in total. The van der Waals surface area contributed by atoms with Crippen LogP contribution in [0, 0.1) is 11.3 Å². The summed E-state index contributed by atoms with van der Waals surface area (Å²) in [6, 6.07) is 9.98. The molecular formula is C23H28N4O2S. The van der Waals surface area contributed by atoms with Gasteiger partial charge in [-0.25, -0.2) is 4.68 Å². The number of amides is 1. The Bertz CT molecular complexity index is 1110. The highest BCUT2D eigenvalue weighted by Gasteiger charge is 2.32. The molecule has 1 aromatic carbocycles. The molecule has 0 aliphatic heterocycles. The standard InChI is InChI=1S/C23H28N4O2S/c1-23(2,3)16-9-10-17-18(13-16)30-21-20(17)22(29)27(26-25-21)14-19(28)24-12-11-15-7-5-4-6-8-15/h4-8,16H,9-14H2,1-3H3,(H,24,28)/t16-/m1/s1. The Morgan fingerprint density at radius 1 is 1.27 bits per heavy atom. The van der Waals surface area contributed by atoms with Crippen LogP contribution in [0.2, 0.25) is 0 Å². The lowest BCUT2D eigenvalue weighted by atomic mass is 9.72. The summed E-state index contributed by atoms with van der Waals surface area (Å²) in [5.41, 5.74) is 2.32. The summed E-state index contributed by atoms with van der Waals surface area (Å²) in [7, 11) is 0. The van der Waals surface area contributed by atoms with Crippen LogP contribution in [-0.4, -0.2) is 27.4 Å². The molecular weight excluding hydrogens is 396 g/mol. The zero-order valence-corrected chi connectivity index (χ0v) is 18.6. The fourth-order valence-electron chi connectivity index (χ4n) is 4.15. The molecule has 1 aliphatic rings. The van der Waals surface area contributed by atoms with Gasteiger partial charge in [-0.15, -0.1) is 16.4 Å². The predicted molar refractivity (Wildman–Crippen MR) is 120 cm³/mol. The van der Waals surface area contributed by atoms with Gasteiger partial charge < -0.3 is 5.32 Å². The maximum atomic E-state index is 13.1. The van der Waals surface area contributed by atoms with Crippen molar-refractivity contribution in [3.63, 3.8) is 0 Å². The van der Waals surface area contributed by atoms with Gasteiger partial charge in [0.1, 0.15) is 6.54 Å². The number of carbonyl (C=O) groups excluding carboxylic acids is 1. The molecule has 0 radical (unpaired) electrons. The lowest BCUT2D eigenvalue weighted by Gasteiger charge is -2.33. The Morgan fingerprint density at radius 2 is 2.03 bits per heavy atom. The van der Waals surface area contributed by atoms with Crippen LogP contribution in [0.5, 0.6) is 0 Å². The van der Waals surface area contributed by atoms with Gasteiger partial charge in [-0.2, -0.15) is 0 Å². The van der Waals surface area contributed by atoms with E-state index in [0.717, 1.165) is 36.8 Å². The molecule has 0 unspecified atom stereocenters. The van der Waals surface area contributed by atoms with Crippen molar-refractivity contribution in [2.45, 2.75) is 53.0 Å². The third-order valence-corrected chi connectivity index (χ3v) is 7.17. The van der Waals surface area contributed by atoms with E-state index in [1.807, 2.05) is 30.3 Å². The molecule has 0 spiro atoms. The number of aryl methyl sites for hydroxylation is 1. The second kappa shape index (κ2) is 8.30. The lowest BCUT2D eigenvalue weighted by molar-refractivity contribution is -0.121. The van der Waals surface area contributed by atoms with E-state index in [-0.39, 0.29) is 23.4 Å². The highest BCUT2D eigenvalue weighted by Crippen LogP contribution is 2.41. The number of aromatic nitrogens is 3. The van der Waals surface area contributed by atoms with Crippen molar-refractivity contribution in [1.29, 1.82) is 0 Å². The molecule has 30 heavy (non-hydrogen) atoms. The van der Waals surface area contributed by atoms with Crippen molar-refractivity contribution in [2.24, 2.45) is 11.3 Å². The largest absolute Gasteiger partial charge is 0.354 e. The number of hydrogen-bond donors (Lipinski definition) is 1. The van der Waals surface area contributed by atoms with Crippen LogP contribution in [0.15, 0.2) is 35.1 Å². The minimum Gasteiger partial charge on any atom is -0.354 e. The first-order valence-corrected chi connectivity index (χ1v) is 11.3. The molecule has 0 fully saturated rings. The van der Waals surface area contributed by atoms with E-state index in [0.29, 0.717) is 22.7 Å². The molecule has 2 aromatic heterocycles. The van der Waals surface area contributed by atoms with Crippen LogP contribution >= 0.6 is 11.3 Å². The van der Waals surface area contributed by atoms with Gasteiger partial charge in [0.2, 0.25) is 5.91 Å². The molecule has 2 heterocycles. The van der Waals surface area contributed by atoms with Crippen LogP contribution in [0.25, 0.3) is 10.2 Å². The summed E-state index contributed by atoms with van der Waals surface area (Å²) in [5.74, 6) is 0.377. The topological polar surface area (TPSA) is 76.9 Å². The number of nitrogens with zero attached hydrogens (tertiary/aromatic N) is 3. The molecule has 1 amide bonds. The zero-order valence-electron chi connectivity index (χ0n) is 17.8. The first-order valence-electron chi connectivity index (χ1n) is 10.5. The Hall–Kier alpha value is -2.54. The number of fused-ring (bicyclic) bond motifs is 3. The lowest BCUT2D eigenvalue weighted by Crippen LogP contribution is -2.35. The van der Waals surface area contributed by atoms with E-state index in [1.54, 1.807) is 11.3 Å². The molecule has 3 aromatic rings. The molecule has 7 heteroatoms. The van der Waals surface area contributed by atoms with E-state index in [9.17, 15) is 9.59 Å². The molecule has 0 bridgehead atoms. The van der Waals surface area contributed by atoms with Crippen molar-refractivity contribution in [3.05, 3.63) is 56.7 Å². The molecule has 1 N–H and O–H groups in total. The van der Waals surface area contributed by atoms with E-state index in [1.165, 1.54) is 9.56 Å². The fourth-order valence-corrected chi connectivity index (χ4v) is 5.39. The molecule has 158 valence electrons. The van der Waals surface area contributed by atoms with Gasteiger partial charge in [-0.05, 0) is 48.1 Å². The summed E-state index contributed by atoms with van der Waals surface area (Å²) in [6.07, 6.45) is 3.70. The summed E-state index contributed by atoms with van der Waals surface area (Å²) in [4.78, 5) is 27.3. The first kappa shape index (κ1) is 20.7. The van der Waals surface area contributed by atoms with Gasteiger partial charge in [-0.1, -0.05) is 56.3 Å². The summed E-state index contributed by atoms with van der Waals surface area (Å²) in [5, 5.41) is 11.8. The van der Waals surface area contributed by atoms with Gasteiger partial charge in [0.15, 0.2) is 4.83 Å². The van der Waals surface area contributed by atoms with E-state index in [2.05, 4.69) is 36.4 Å². The number of carbonyl (C=O) groups is 1. The molecule has 4 rings (SSSR count). The van der Waals surface area contributed by atoms with Crippen molar-refractivity contribution in [1.82, 2.24) is 20.3 Å². The third-order valence-electron chi connectivity index (χ3n) is 6.04. The van der Waals surface area contributed by atoms with Gasteiger partial charge >= 0.3 is 0 Å². The van der Waals surface area contributed by atoms with Gasteiger partial charge in [0.05, 0.1) is 5.39 Å². The highest BCUT2D eigenvalue weighted by molar-refractivity contribution is 7.18. The van der Waals surface area contributed by atoms with E-state index in [4.69, 9.17) is 0 Å². The second-order valence-electron chi connectivity index (χ2n) is 9.13. The number of rotatable bonds is 5. The van der Waals surface area contributed by atoms with E-state index < -0.39 is 0 Å². The molecule has 1 aliphatic carbocycles. The maximum absolute atomic E-state index is 13.1. The van der Waals surface area contributed by atoms with E-state index >= 15 is 0 Å². The SMILES string of the molecule is CC(C)(C)[C@@H]1CCc2c(sc3nnn(CC(=O)NCCc4ccccc4)c(=O)c23)C1. The monoisotopic (exact) mass is 424 g/mol. The Morgan fingerprint density at radius 3 is 2.77 bits per heavy atom. The maximum Gasteiger partial charge on any atom is 0.279 e. The van der Waals surface area contributed by atoms with Crippen molar-refractivity contribution in [3.8, 4) is 0 Å². The van der Waals surface area contributed by atoms with Gasteiger partial charge in [0, 0.05) is 11.4 Å². The van der Waals surface area contributed by atoms with Crippen LogP contribution in [-0.2, 0) is 30.6 Å². The number of benzene rings is 1.